The second-order valence-electron chi connectivity index (χ2n) is 7.23. The van der Waals surface area contributed by atoms with Gasteiger partial charge >= 0.3 is 6.18 Å². The molecule has 0 saturated heterocycles. The molecule has 34 heavy (non-hydrogen) atoms. The molecule has 0 aliphatic carbocycles. The molecule has 11 heteroatoms. The van der Waals surface area contributed by atoms with Crippen molar-refractivity contribution in [1.29, 1.82) is 0 Å². The Balaban J connectivity index is 1.70. The van der Waals surface area contributed by atoms with Gasteiger partial charge in [0.15, 0.2) is 11.5 Å². The molecule has 1 heterocycles. The van der Waals surface area contributed by atoms with Gasteiger partial charge in [-0.25, -0.2) is 4.68 Å². The largest absolute Gasteiger partial charge is 0.493 e. The van der Waals surface area contributed by atoms with Crippen LogP contribution in [0, 0.1) is 6.92 Å². The number of aromatic nitrogens is 2. The minimum absolute atomic E-state index is 0.0820. The SMILES string of the molecule is CCCOc1ccc(C(=O)NNC(=O)c2cnn(-c3cccc(C(F)(F)F)c3)c2C)cc1OC. The van der Waals surface area contributed by atoms with Crippen molar-refractivity contribution in [2.24, 2.45) is 0 Å². The highest BCUT2D eigenvalue weighted by Gasteiger charge is 2.30. The Morgan fingerprint density at radius 3 is 2.47 bits per heavy atom. The molecule has 1 aromatic heterocycles. The van der Waals surface area contributed by atoms with Crippen molar-refractivity contribution in [2.75, 3.05) is 13.7 Å². The summed E-state index contributed by atoms with van der Waals surface area (Å²) in [7, 11) is 1.45. The van der Waals surface area contributed by atoms with Gasteiger partial charge in [0.1, 0.15) is 0 Å². The van der Waals surface area contributed by atoms with Gasteiger partial charge in [-0.1, -0.05) is 13.0 Å². The maximum absolute atomic E-state index is 13.0. The average molecular weight is 476 g/mol. The van der Waals surface area contributed by atoms with E-state index in [2.05, 4.69) is 16.0 Å². The molecule has 0 aliphatic rings. The van der Waals surface area contributed by atoms with Gasteiger partial charge in [-0.15, -0.1) is 0 Å². The lowest BCUT2D eigenvalue weighted by molar-refractivity contribution is -0.137. The number of amides is 2. The number of rotatable bonds is 7. The molecule has 2 amide bonds. The first-order valence-electron chi connectivity index (χ1n) is 10.3. The van der Waals surface area contributed by atoms with Crippen molar-refractivity contribution in [2.45, 2.75) is 26.4 Å². The van der Waals surface area contributed by atoms with Crippen molar-refractivity contribution in [3.05, 3.63) is 71.0 Å². The van der Waals surface area contributed by atoms with E-state index in [4.69, 9.17) is 9.47 Å². The van der Waals surface area contributed by atoms with Crippen molar-refractivity contribution in [3.8, 4) is 17.2 Å². The van der Waals surface area contributed by atoms with Crippen LogP contribution < -0.4 is 20.3 Å². The lowest BCUT2D eigenvalue weighted by Gasteiger charge is -2.12. The van der Waals surface area contributed by atoms with Crippen LogP contribution in [0.3, 0.4) is 0 Å². The number of carbonyl (C=O) groups is 2. The van der Waals surface area contributed by atoms with Gasteiger partial charge in [0.2, 0.25) is 0 Å². The van der Waals surface area contributed by atoms with Gasteiger partial charge in [0.05, 0.1) is 42.4 Å². The molecule has 3 rings (SSSR count). The quantitative estimate of drug-likeness (QED) is 0.502. The summed E-state index contributed by atoms with van der Waals surface area (Å²) in [6.45, 7) is 3.98. The first-order valence-corrected chi connectivity index (χ1v) is 10.3. The maximum Gasteiger partial charge on any atom is 0.416 e. The van der Waals surface area contributed by atoms with E-state index in [9.17, 15) is 22.8 Å². The minimum Gasteiger partial charge on any atom is -0.493 e. The third kappa shape index (κ3) is 5.48. The molecule has 2 N–H and O–H groups in total. The Labute approximate surface area is 193 Å². The van der Waals surface area contributed by atoms with Crippen molar-refractivity contribution in [1.82, 2.24) is 20.6 Å². The van der Waals surface area contributed by atoms with Gasteiger partial charge in [0.25, 0.3) is 11.8 Å². The first kappa shape index (κ1) is 24.6. The van der Waals surface area contributed by atoms with E-state index in [1.165, 1.54) is 49.2 Å². The number of ether oxygens (including phenoxy) is 2. The van der Waals surface area contributed by atoms with E-state index < -0.39 is 23.6 Å². The van der Waals surface area contributed by atoms with Crippen molar-refractivity contribution < 1.29 is 32.2 Å². The fourth-order valence-corrected chi connectivity index (χ4v) is 3.10. The first-order chi connectivity index (χ1) is 16.2. The molecule has 0 bridgehead atoms. The topological polar surface area (TPSA) is 94.5 Å². The average Bonchev–Trinajstić information content (AvgIpc) is 3.21. The molecule has 0 fully saturated rings. The summed E-state index contributed by atoms with van der Waals surface area (Å²) in [5.41, 5.74) is 4.49. The Hall–Kier alpha value is -4.02. The predicted molar refractivity (Wildman–Crippen MR) is 117 cm³/mol. The van der Waals surface area contributed by atoms with Gasteiger partial charge in [-0.2, -0.15) is 18.3 Å². The third-order valence-electron chi connectivity index (χ3n) is 4.85. The number of carbonyl (C=O) groups excluding carboxylic acids is 2. The number of hydrogen-bond acceptors (Lipinski definition) is 5. The molecule has 180 valence electrons. The highest BCUT2D eigenvalue weighted by molar-refractivity contribution is 5.99. The van der Waals surface area contributed by atoms with Crippen LogP contribution >= 0.6 is 0 Å². The Bertz CT molecular complexity index is 1190. The van der Waals surface area contributed by atoms with Crippen LogP contribution in [0.25, 0.3) is 5.69 Å². The fraction of sp³-hybridized carbons (Fsp3) is 0.261. The standard InChI is InChI=1S/C23H23F3N4O4/c1-4-10-34-19-9-8-15(11-20(19)33-3)21(31)28-29-22(32)18-13-27-30(14(18)2)17-7-5-6-16(12-17)23(24,25)26/h5-9,11-13H,4,10H2,1-3H3,(H,28,31)(H,29,32). The van der Waals surface area contributed by atoms with Gasteiger partial charge in [-0.3, -0.25) is 20.4 Å². The summed E-state index contributed by atoms with van der Waals surface area (Å²) in [6, 6.07) is 9.17. The maximum atomic E-state index is 13.0. The number of hydrazine groups is 1. The highest BCUT2D eigenvalue weighted by atomic mass is 19.4. The highest BCUT2D eigenvalue weighted by Crippen LogP contribution is 2.31. The van der Waals surface area contributed by atoms with Crippen LogP contribution in [0.2, 0.25) is 0 Å². The molecular formula is C23H23F3N4O4. The molecule has 0 spiro atoms. The van der Waals surface area contributed by atoms with Crippen LogP contribution in [0.1, 0.15) is 45.3 Å². The molecule has 8 nitrogen and oxygen atoms in total. The van der Waals surface area contributed by atoms with E-state index in [0.717, 1.165) is 18.6 Å². The summed E-state index contributed by atoms with van der Waals surface area (Å²) < 4.78 is 51.0. The van der Waals surface area contributed by atoms with Crippen LogP contribution in [-0.2, 0) is 6.18 Å². The smallest absolute Gasteiger partial charge is 0.416 e. The molecule has 0 saturated carbocycles. The third-order valence-corrected chi connectivity index (χ3v) is 4.85. The summed E-state index contributed by atoms with van der Waals surface area (Å²) >= 11 is 0. The molecule has 0 radical (unpaired) electrons. The van der Waals surface area contributed by atoms with Crippen LogP contribution in [0.5, 0.6) is 11.5 Å². The van der Waals surface area contributed by atoms with Crippen LogP contribution in [-0.4, -0.2) is 35.3 Å². The van der Waals surface area contributed by atoms with E-state index >= 15 is 0 Å². The Morgan fingerprint density at radius 2 is 1.79 bits per heavy atom. The number of nitrogens with zero attached hydrogens (tertiary/aromatic N) is 2. The predicted octanol–water partition coefficient (Wildman–Crippen LogP) is 4.07. The van der Waals surface area contributed by atoms with E-state index in [-0.39, 0.29) is 16.8 Å². The number of hydrogen-bond donors (Lipinski definition) is 2. The zero-order valence-electron chi connectivity index (χ0n) is 18.7. The molecule has 0 atom stereocenters. The molecule has 0 unspecified atom stereocenters. The number of benzene rings is 2. The number of methoxy groups -OCH3 is 1. The van der Waals surface area contributed by atoms with Crippen LogP contribution in [0.4, 0.5) is 13.2 Å². The monoisotopic (exact) mass is 476 g/mol. The van der Waals surface area contributed by atoms with E-state index in [1.807, 2.05) is 6.92 Å². The Kier molecular flexibility index (Phi) is 7.44. The lowest BCUT2D eigenvalue weighted by atomic mass is 10.2. The minimum atomic E-state index is -4.51. The second-order valence-corrected chi connectivity index (χ2v) is 7.23. The molecular weight excluding hydrogens is 453 g/mol. The number of nitrogens with one attached hydrogen (secondary N) is 2. The summed E-state index contributed by atoms with van der Waals surface area (Å²) in [6.07, 6.45) is -2.49. The fourth-order valence-electron chi connectivity index (χ4n) is 3.10. The molecule has 0 aliphatic heterocycles. The van der Waals surface area contributed by atoms with E-state index in [1.54, 1.807) is 6.07 Å². The van der Waals surface area contributed by atoms with Gasteiger partial charge < -0.3 is 9.47 Å². The lowest BCUT2D eigenvalue weighted by Crippen LogP contribution is -2.41. The number of halogens is 3. The zero-order valence-corrected chi connectivity index (χ0v) is 18.7. The zero-order chi connectivity index (χ0) is 24.9. The summed E-state index contributed by atoms with van der Waals surface area (Å²) in [5.74, 6) is -0.427. The van der Waals surface area contributed by atoms with Crippen molar-refractivity contribution >= 4 is 11.8 Å². The van der Waals surface area contributed by atoms with Crippen molar-refractivity contribution in [3.63, 3.8) is 0 Å². The normalized spacial score (nSPS) is 11.1. The summed E-state index contributed by atoms with van der Waals surface area (Å²) in [5, 5.41) is 4.02. The molecule has 2 aromatic carbocycles. The number of alkyl halides is 3. The summed E-state index contributed by atoms with van der Waals surface area (Å²) in [4.78, 5) is 25.0. The second kappa shape index (κ2) is 10.3. The van der Waals surface area contributed by atoms with Gasteiger partial charge in [0, 0.05) is 5.56 Å². The Morgan fingerprint density at radius 1 is 1.06 bits per heavy atom. The van der Waals surface area contributed by atoms with Gasteiger partial charge in [-0.05, 0) is 49.7 Å². The van der Waals surface area contributed by atoms with Crippen LogP contribution in [0.15, 0.2) is 48.7 Å². The van der Waals surface area contributed by atoms with E-state index in [0.29, 0.717) is 23.8 Å². The molecule has 3 aromatic rings.